The molecule has 4 heterocycles. The van der Waals surface area contributed by atoms with Crippen LogP contribution in [0.5, 0.6) is 5.88 Å². The first-order valence-electron chi connectivity index (χ1n) is 14.6. The van der Waals surface area contributed by atoms with Crippen molar-refractivity contribution in [3.63, 3.8) is 0 Å². The number of pyridine rings is 1. The number of rotatable bonds is 8. The van der Waals surface area contributed by atoms with Gasteiger partial charge in [0, 0.05) is 50.0 Å². The molecule has 3 aliphatic rings. The third-order valence-corrected chi connectivity index (χ3v) is 10.4. The summed E-state index contributed by atoms with van der Waals surface area (Å²) in [5.74, 6) is 0.859. The molecule has 0 radical (unpaired) electrons. The van der Waals surface area contributed by atoms with E-state index in [0.717, 1.165) is 74.8 Å². The monoisotopic (exact) mass is 580 g/mol. The van der Waals surface area contributed by atoms with Crippen LogP contribution < -0.4 is 10.1 Å². The van der Waals surface area contributed by atoms with Gasteiger partial charge in [0.2, 0.25) is 11.8 Å². The molecule has 0 amide bonds. The summed E-state index contributed by atoms with van der Waals surface area (Å²) in [5, 5.41) is 10.2. The SMILES string of the molecule is CN1CCC(Oc2cc(-c3ccc4c(c3Nc3n[nH]c(S(=O)(=O)N5CCC(N(C)C)CC5)n3)CCC4)ccn2)CC1. The molecule has 0 spiro atoms. The Kier molecular flexibility index (Phi) is 7.99. The Hall–Kier alpha value is -3.06. The number of hydrogen-bond acceptors (Lipinski definition) is 9. The van der Waals surface area contributed by atoms with E-state index < -0.39 is 10.0 Å². The van der Waals surface area contributed by atoms with Gasteiger partial charge in [-0.3, -0.25) is 0 Å². The van der Waals surface area contributed by atoms with Crippen LogP contribution in [0.4, 0.5) is 11.6 Å². The molecule has 2 saturated heterocycles. The Balaban J connectivity index is 1.24. The number of fused-ring (bicyclic) bond motifs is 1. The van der Waals surface area contributed by atoms with Crippen molar-refractivity contribution < 1.29 is 13.2 Å². The number of benzene rings is 1. The average molecular weight is 581 g/mol. The highest BCUT2D eigenvalue weighted by Gasteiger charge is 2.33. The van der Waals surface area contributed by atoms with Crippen molar-refractivity contribution in [2.75, 3.05) is 52.6 Å². The largest absolute Gasteiger partial charge is 0.474 e. The highest BCUT2D eigenvalue weighted by molar-refractivity contribution is 7.88. The number of aromatic nitrogens is 4. The number of hydrogen-bond donors (Lipinski definition) is 2. The lowest BCUT2D eigenvalue weighted by Crippen LogP contribution is -2.44. The van der Waals surface area contributed by atoms with Crippen molar-refractivity contribution in [3.8, 4) is 17.0 Å². The molecule has 2 aliphatic heterocycles. The van der Waals surface area contributed by atoms with Gasteiger partial charge in [0.05, 0.1) is 5.69 Å². The molecule has 12 heteroatoms. The van der Waals surface area contributed by atoms with E-state index in [2.05, 4.69) is 54.5 Å². The van der Waals surface area contributed by atoms with Crippen molar-refractivity contribution in [2.24, 2.45) is 0 Å². The summed E-state index contributed by atoms with van der Waals surface area (Å²) >= 11 is 0. The lowest BCUT2D eigenvalue weighted by molar-refractivity contribution is 0.110. The van der Waals surface area contributed by atoms with Gasteiger partial charge in [-0.05, 0) is 88.8 Å². The lowest BCUT2D eigenvalue weighted by Gasteiger charge is -2.33. The Morgan fingerprint density at radius 1 is 1.05 bits per heavy atom. The normalized spacial score (nSPS) is 19.5. The number of H-pyrrole nitrogens is 1. The van der Waals surface area contributed by atoms with Crippen LogP contribution in [0, 0.1) is 0 Å². The van der Waals surface area contributed by atoms with Crippen LogP contribution in [-0.2, 0) is 22.9 Å². The molecule has 0 saturated carbocycles. The van der Waals surface area contributed by atoms with Gasteiger partial charge in [-0.15, -0.1) is 5.10 Å². The molecule has 6 rings (SSSR count). The molecule has 2 aromatic heterocycles. The minimum Gasteiger partial charge on any atom is -0.474 e. The summed E-state index contributed by atoms with van der Waals surface area (Å²) in [4.78, 5) is 13.4. The summed E-state index contributed by atoms with van der Waals surface area (Å²) in [6.07, 6.45) is 8.52. The molecule has 11 nitrogen and oxygen atoms in total. The minimum atomic E-state index is -3.76. The average Bonchev–Trinajstić information content (AvgIpc) is 3.65. The third-order valence-electron chi connectivity index (χ3n) is 8.72. The Labute approximate surface area is 242 Å². The Morgan fingerprint density at radius 2 is 1.83 bits per heavy atom. The molecule has 0 unspecified atom stereocenters. The smallest absolute Gasteiger partial charge is 0.278 e. The van der Waals surface area contributed by atoms with Crippen molar-refractivity contribution in [2.45, 2.75) is 62.2 Å². The Morgan fingerprint density at radius 3 is 2.59 bits per heavy atom. The van der Waals surface area contributed by atoms with E-state index in [0.29, 0.717) is 25.0 Å². The molecule has 0 bridgehead atoms. The van der Waals surface area contributed by atoms with Crippen LogP contribution in [0.25, 0.3) is 11.1 Å². The fraction of sp³-hybridized carbons (Fsp3) is 0.552. The Bertz CT molecular complexity index is 1470. The van der Waals surface area contributed by atoms with Crippen LogP contribution in [-0.4, -0.2) is 102 Å². The van der Waals surface area contributed by atoms with Gasteiger partial charge in [0.15, 0.2) is 0 Å². The number of sulfonamides is 1. The van der Waals surface area contributed by atoms with Crippen molar-refractivity contribution >= 4 is 21.7 Å². The second kappa shape index (κ2) is 11.7. The first-order chi connectivity index (χ1) is 19.8. The number of piperidine rings is 2. The van der Waals surface area contributed by atoms with Gasteiger partial charge < -0.3 is 19.9 Å². The molecular formula is C29H40N8O3S. The van der Waals surface area contributed by atoms with Gasteiger partial charge in [-0.2, -0.15) is 9.29 Å². The molecule has 2 fully saturated rings. The topological polar surface area (TPSA) is 120 Å². The molecular weight excluding hydrogens is 540 g/mol. The maximum absolute atomic E-state index is 13.4. The van der Waals surface area contributed by atoms with Gasteiger partial charge in [0.1, 0.15) is 6.10 Å². The number of aromatic amines is 1. The maximum atomic E-state index is 13.4. The highest BCUT2D eigenvalue weighted by atomic mass is 32.2. The van der Waals surface area contributed by atoms with Crippen LogP contribution in [0.3, 0.4) is 0 Å². The first-order valence-corrected chi connectivity index (χ1v) is 16.0. The van der Waals surface area contributed by atoms with Crippen molar-refractivity contribution in [3.05, 3.63) is 41.6 Å². The van der Waals surface area contributed by atoms with E-state index in [9.17, 15) is 8.42 Å². The number of nitrogens with one attached hydrogen (secondary N) is 2. The van der Waals surface area contributed by atoms with E-state index >= 15 is 0 Å². The minimum absolute atomic E-state index is 0.129. The maximum Gasteiger partial charge on any atom is 0.278 e. The molecule has 1 aliphatic carbocycles. The highest BCUT2D eigenvalue weighted by Crippen LogP contribution is 2.39. The van der Waals surface area contributed by atoms with Crippen LogP contribution in [0.15, 0.2) is 35.6 Å². The molecule has 3 aromatic rings. The quantitative estimate of drug-likeness (QED) is 0.414. The van der Waals surface area contributed by atoms with Crippen LogP contribution >= 0.6 is 0 Å². The fourth-order valence-electron chi connectivity index (χ4n) is 6.22. The molecule has 1 aromatic carbocycles. The number of likely N-dealkylation sites (tertiary alicyclic amines) is 1. The number of nitrogens with zero attached hydrogens (tertiary/aromatic N) is 6. The summed E-state index contributed by atoms with van der Waals surface area (Å²) < 4.78 is 34.5. The fourth-order valence-corrected chi connectivity index (χ4v) is 7.51. The summed E-state index contributed by atoms with van der Waals surface area (Å²) in [5.41, 5.74) is 5.39. The van der Waals surface area contributed by atoms with E-state index in [4.69, 9.17) is 4.74 Å². The predicted molar refractivity (Wildman–Crippen MR) is 158 cm³/mol. The van der Waals surface area contributed by atoms with E-state index in [1.807, 2.05) is 26.2 Å². The number of ether oxygens (including phenoxy) is 1. The molecule has 41 heavy (non-hydrogen) atoms. The second-order valence-corrected chi connectivity index (χ2v) is 13.5. The summed E-state index contributed by atoms with van der Waals surface area (Å²) in [6, 6.07) is 8.65. The van der Waals surface area contributed by atoms with E-state index in [1.165, 1.54) is 15.4 Å². The summed E-state index contributed by atoms with van der Waals surface area (Å²) in [7, 11) is 2.45. The second-order valence-electron chi connectivity index (χ2n) is 11.7. The van der Waals surface area contributed by atoms with Crippen molar-refractivity contribution in [1.29, 1.82) is 0 Å². The molecule has 220 valence electrons. The number of aryl methyl sites for hydroxylation is 1. The predicted octanol–water partition coefficient (Wildman–Crippen LogP) is 3.29. The first kappa shape index (κ1) is 28.1. The van der Waals surface area contributed by atoms with Crippen LogP contribution in [0.1, 0.15) is 43.2 Å². The zero-order valence-corrected chi connectivity index (χ0v) is 25.0. The lowest BCUT2D eigenvalue weighted by atomic mass is 9.98. The van der Waals surface area contributed by atoms with Crippen LogP contribution in [0.2, 0.25) is 0 Å². The summed E-state index contributed by atoms with van der Waals surface area (Å²) in [6.45, 7) is 2.97. The zero-order chi connectivity index (χ0) is 28.6. The number of anilines is 2. The molecule has 2 N–H and O–H groups in total. The van der Waals surface area contributed by atoms with Crippen molar-refractivity contribution in [1.82, 2.24) is 34.3 Å². The van der Waals surface area contributed by atoms with Gasteiger partial charge in [0.25, 0.3) is 15.2 Å². The standard InChI is InChI=1S/C29H40N8O3S/c1-35(2)22-10-17-37(18-11-22)41(38,39)29-32-28(33-34-29)31-27-24-6-4-5-20(24)7-8-25(27)21-9-14-30-26(19-21)40-23-12-15-36(3)16-13-23/h7-9,14,19,22-23H,4-6,10-13,15-18H2,1-3H3,(H2,31,32,33,34). The zero-order valence-electron chi connectivity index (χ0n) is 24.1. The molecule has 0 atom stereocenters. The van der Waals surface area contributed by atoms with E-state index in [1.54, 1.807) is 6.20 Å². The van der Waals surface area contributed by atoms with E-state index in [-0.39, 0.29) is 17.2 Å². The van der Waals surface area contributed by atoms with Gasteiger partial charge >= 0.3 is 0 Å². The van der Waals surface area contributed by atoms with Gasteiger partial charge in [-0.1, -0.05) is 12.1 Å². The third kappa shape index (κ3) is 5.97. The van der Waals surface area contributed by atoms with Gasteiger partial charge in [-0.25, -0.2) is 18.5 Å².